The van der Waals surface area contributed by atoms with Gasteiger partial charge in [-0.15, -0.1) is 0 Å². The largest absolute Gasteiger partial charge is 0.369 e. The van der Waals surface area contributed by atoms with Crippen molar-refractivity contribution >= 4 is 5.69 Å². The predicted octanol–water partition coefficient (Wildman–Crippen LogP) is 2.25. The van der Waals surface area contributed by atoms with E-state index in [0.29, 0.717) is 17.8 Å². The Morgan fingerprint density at radius 2 is 2.06 bits per heavy atom. The first kappa shape index (κ1) is 12.8. The van der Waals surface area contributed by atoms with Gasteiger partial charge in [0.2, 0.25) is 0 Å². The Morgan fingerprint density at radius 1 is 1.38 bits per heavy atom. The van der Waals surface area contributed by atoms with Crippen LogP contribution in [-0.4, -0.2) is 27.1 Å². The number of benzene rings is 1. The van der Waals surface area contributed by atoms with Crippen molar-refractivity contribution in [2.24, 2.45) is 0 Å². The van der Waals surface area contributed by atoms with E-state index in [0.717, 1.165) is 0 Å². The van der Waals surface area contributed by atoms with Crippen molar-refractivity contribution in [3.63, 3.8) is 0 Å². The second kappa shape index (κ2) is 5.75. The molecule has 0 saturated carbocycles. The molecule has 1 rings (SSSR count). The normalized spacial score (nSPS) is 10.9. The SMILES string of the molecule is CNCc1c(F)cccc1N(C)CC(F)F. The average Bonchev–Trinajstić information content (AvgIpc) is 2.20. The molecule has 0 spiro atoms. The lowest BCUT2D eigenvalue weighted by Crippen LogP contribution is -2.26. The van der Waals surface area contributed by atoms with Crippen LogP contribution in [0.3, 0.4) is 0 Å². The van der Waals surface area contributed by atoms with Gasteiger partial charge in [0.15, 0.2) is 0 Å². The minimum absolute atomic E-state index is 0.315. The van der Waals surface area contributed by atoms with Gasteiger partial charge in [-0.05, 0) is 19.2 Å². The maximum absolute atomic E-state index is 13.5. The molecule has 0 aliphatic carbocycles. The summed E-state index contributed by atoms with van der Waals surface area (Å²) in [6.07, 6.45) is -2.43. The molecule has 0 unspecified atom stereocenters. The zero-order chi connectivity index (χ0) is 12.1. The van der Waals surface area contributed by atoms with Crippen LogP contribution in [0.4, 0.5) is 18.9 Å². The number of nitrogens with zero attached hydrogens (tertiary/aromatic N) is 1. The van der Waals surface area contributed by atoms with E-state index in [4.69, 9.17) is 0 Å². The van der Waals surface area contributed by atoms with Crippen LogP contribution < -0.4 is 10.2 Å². The van der Waals surface area contributed by atoms with Crippen LogP contribution in [0.2, 0.25) is 0 Å². The molecule has 1 N–H and O–H groups in total. The predicted molar refractivity (Wildman–Crippen MR) is 58.4 cm³/mol. The van der Waals surface area contributed by atoms with Crippen molar-refractivity contribution in [3.05, 3.63) is 29.6 Å². The first-order valence-corrected chi connectivity index (χ1v) is 4.97. The lowest BCUT2D eigenvalue weighted by molar-refractivity contribution is 0.156. The van der Waals surface area contributed by atoms with Gasteiger partial charge in [-0.1, -0.05) is 6.07 Å². The Balaban J connectivity index is 2.97. The molecule has 0 saturated heterocycles. The van der Waals surface area contributed by atoms with Crippen LogP contribution in [-0.2, 0) is 6.54 Å². The fourth-order valence-corrected chi connectivity index (χ4v) is 1.56. The van der Waals surface area contributed by atoms with Crippen molar-refractivity contribution in [1.29, 1.82) is 0 Å². The Hall–Kier alpha value is -1.23. The second-order valence-electron chi connectivity index (χ2n) is 3.54. The van der Waals surface area contributed by atoms with Crippen LogP contribution in [0.1, 0.15) is 5.56 Å². The van der Waals surface area contributed by atoms with Gasteiger partial charge in [-0.25, -0.2) is 13.2 Å². The van der Waals surface area contributed by atoms with Gasteiger partial charge in [0.05, 0.1) is 6.54 Å². The van der Waals surface area contributed by atoms with Gasteiger partial charge >= 0.3 is 0 Å². The molecule has 90 valence electrons. The summed E-state index contributed by atoms with van der Waals surface area (Å²) in [4.78, 5) is 1.36. The molecule has 0 aromatic heterocycles. The first-order chi connectivity index (χ1) is 7.56. The molecule has 16 heavy (non-hydrogen) atoms. The number of alkyl halides is 2. The second-order valence-corrected chi connectivity index (χ2v) is 3.54. The highest BCUT2D eigenvalue weighted by molar-refractivity contribution is 5.53. The number of hydrogen-bond donors (Lipinski definition) is 1. The highest BCUT2D eigenvalue weighted by atomic mass is 19.3. The Morgan fingerprint density at radius 3 is 2.62 bits per heavy atom. The van der Waals surface area contributed by atoms with E-state index in [-0.39, 0.29) is 5.82 Å². The topological polar surface area (TPSA) is 15.3 Å². The molecule has 0 bridgehead atoms. The third-order valence-corrected chi connectivity index (χ3v) is 2.27. The standard InChI is InChI=1S/C11H15F3N2/c1-15-6-8-9(12)4-3-5-10(8)16(2)7-11(13)14/h3-5,11,15H,6-7H2,1-2H3. The van der Waals surface area contributed by atoms with Gasteiger partial charge in [-0.3, -0.25) is 0 Å². The van der Waals surface area contributed by atoms with E-state index in [1.54, 1.807) is 13.1 Å². The Labute approximate surface area is 93.1 Å². The van der Waals surface area contributed by atoms with Crippen molar-refractivity contribution in [3.8, 4) is 0 Å². The molecule has 0 aliphatic rings. The fraction of sp³-hybridized carbons (Fsp3) is 0.455. The molecular formula is C11H15F3N2. The molecular weight excluding hydrogens is 217 g/mol. The number of anilines is 1. The van der Waals surface area contributed by atoms with E-state index in [1.165, 1.54) is 24.1 Å². The molecule has 0 heterocycles. The zero-order valence-corrected chi connectivity index (χ0v) is 9.30. The maximum Gasteiger partial charge on any atom is 0.255 e. The number of nitrogens with one attached hydrogen (secondary N) is 1. The minimum atomic E-state index is -2.43. The summed E-state index contributed by atoms with van der Waals surface area (Å²) in [6.45, 7) is -0.0875. The van der Waals surface area contributed by atoms with Gasteiger partial charge < -0.3 is 10.2 Å². The van der Waals surface area contributed by atoms with Crippen LogP contribution >= 0.6 is 0 Å². The monoisotopic (exact) mass is 232 g/mol. The van der Waals surface area contributed by atoms with E-state index >= 15 is 0 Å². The summed E-state index contributed by atoms with van der Waals surface area (Å²) >= 11 is 0. The Kier molecular flexibility index (Phi) is 4.61. The van der Waals surface area contributed by atoms with Crippen LogP contribution in [0.15, 0.2) is 18.2 Å². The van der Waals surface area contributed by atoms with Gasteiger partial charge in [0.25, 0.3) is 6.43 Å². The average molecular weight is 232 g/mol. The third-order valence-electron chi connectivity index (χ3n) is 2.27. The lowest BCUT2D eigenvalue weighted by atomic mass is 10.1. The van der Waals surface area contributed by atoms with E-state index < -0.39 is 13.0 Å². The Bertz CT molecular complexity index is 342. The third kappa shape index (κ3) is 3.13. The molecule has 5 heteroatoms. The zero-order valence-electron chi connectivity index (χ0n) is 9.30. The number of rotatable bonds is 5. The van der Waals surface area contributed by atoms with Gasteiger partial charge in [0.1, 0.15) is 5.82 Å². The van der Waals surface area contributed by atoms with Gasteiger partial charge in [-0.2, -0.15) is 0 Å². The van der Waals surface area contributed by atoms with Crippen molar-refractivity contribution < 1.29 is 13.2 Å². The van der Waals surface area contributed by atoms with E-state index in [1.807, 2.05) is 0 Å². The quantitative estimate of drug-likeness (QED) is 0.837. The number of hydrogen-bond acceptors (Lipinski definition) is 2. The van der Waals surface area contributed by atoms with E-state index in [2.05, 4.69) is 5.32 Å². The molecule has 0 atom stereocenters. The molecule has 1 aromatic rings. The summed E-state index contributed by atoms with van der Waals surface area (Å²) in [7, 11) is 3.21. The molecule has 2 nitrogen and oxygen atoms in total. The summed E-state index contributed by atoms with van der Waals surface area (Å²) < 4.78 is 38.0. The molecule has 0 fully saturated rings. The highest BCUT2D eigenvalue weighted by Crippen LogP contribution is 2.22. The maximum atomic E-state index is 13.5. The molecule has 0 amide bonds. The summed E-state index contributed by atoms with van der Waals surface area (Å²) in [5.41, 5.74) is 0.905. The van der Waals surface area contributed by atoms with Crippen molar-refractivity contribution in [2.75, 3.05) is 25.5 Å². The van der Waals surface area contributed by atoms with Crippen LogP contribution in [0, 0.1) is 5.82 Å². The molecule has 0 radical (unpaired) electrons. The van der Waals surface area contributed by atoms with Crippen molar-refractivity contribution in [2.45, 2.75) is 13.0 Å². The fourth-order valence-electron chi connectivity index (χ4n) is 1.56. The number of halogens is 3. The molecule has 0 aliphatic heterocycles. The van der Waals surface area contributed by atoms with Crippen LogP contribution in [0.25, 0.3) is 0 Å². The van der Waals surface area contributed by atoms with E-state index in [9.17, 15) is 13.2 Å². The van der Waals surface area contributed by atoms with Crippen molar-refractivity contribution in [1.82, 2.24) is 5.32 Å². The lowest BCUT2D eigenvalue weighted by Gasteiger charge is -2.22. The van der Waals surface area contributed by atoms with Gasteiger partial charge in [0, 0.05) is 24.8 Å². The smallest absolute Gasteiger partial charge is 0.255 e. The summed E-state index contributed by atoms with van der Waals surface area (Å²) in [6, 6.07) is 4.48. The highest BCUT2D eigenvalue weighted by Gasteiger charge is 2.14. The summed E-state index contributed by atoms with van der Waals surface area (Å²) in [5.74, 6) is -0.382. The first-order valence-electron chi connectivity index (χ1n) is 4.97. The summed E-state index contributed by atoms with van der Waals surface area (Å²) in [5, 5.41) is 2.82. The molecule has 1 aromatic carbocycles. The minimum Gasteiger partial charge on any atom is -0.369 e. The van der Waals surface area contributed by atoms with Crippen LogP contribution in [0.5, 0.6) is 0 Å².